The number of benzene rings is 1. The number of rotatable bonds is 6. The van der Waals surface area contributed by atoms with Gasteiger partial charge in [0.25, 0.3) is 0 Å². The van der Waals surface area contributed by atoms with E-state index in [1.807, 2.05) is 30.3 Å². The van der Waals surface area contributed by atoms with Gasteiger partial charge in [-0.2, -0.15) is 0 Å². The summed E-state index contributed by atoms with van der Waals surface area (Å²) in [5.74, 6) is -0.561. The van der Waals surface area contributed by atoms with Crippen molar-refractivity contribution in [1.82, 2.24) is 9.38 Å². The molecule has 0 aliphatic rings. The highest BCUT2D eigenvalue weighted by Gasteiger charge is 2.21. The molecule has 124 valence electrons. The molecular weight excluding hydrogens is 324 g/mol. The van der Waals surface area contributed by atoms with E-state index in [2.05, 4.69) is 20.2 Å². The Morgan fingerprint density at radius 3 is 2.76 bits per heavy atom. The first-order chi connectivity index (χ1) is 12.2. The van der Waals surface area contributed by atoms with Crippen LogP contribution < -0.4 is 4.74 Å². The zero-order valence-electron chi connectivity index (χ0n) is 12.9. The van der Waals surface area contributed by atoms with Crippen molar-refractivity contribution >= 4 is 11.6 Å². The second-order valence-corrected chi connectivity index (χ2v) is 5.03. The maximum atomic E-state index is 11.8. The SMILES string of the molecule is [N-]=[N+]=NCc1nc2c(OCc3ccccc3)cccn2c1C(=O)N=O. The minimum Gasteiger partial charge on any atom is -0.485 e. The van der Waals surface area contributed by atoms with E-state index in [9.17, 15) is 9.70 Å². The molecule has 0 spiro atoms. The summed E-state index contributed by atoms with van der Waals surface area (Å²) in [5.41, 5.74) is 9.92. The third-order valence-electron chi connectivity index (χ3n) is 3.49. The summed E-state index contributed by atoms with van der Waals surface area (Å²) in [4.78, 5) is 29.5. The summed E-state index contributed by atoms with van der Waals surface area (Å²) < 4.78 is 7.19. The van der Waals surface area contributed by atoms with E-state index < -0.39 is 5.91 Å². The van der Waals surface area contributed by atoms with Gasteiger partial charge in [-0.1, -0.05) is 35.4 Å². The van der Waals surface area contributed by atoms with Crippen molar-refractivity contribution in [3.63, 3.8) is 0 Å². The zero-order chi connectivity index (χ0) is 17.6. The number of imidazole rings is 1. The minimum absolute atomic E-state index is 0.0393. The van der Waals surface area contributed by atoms with E-state index in [0.717, 1.165) is 5.56 Å². The van der Waals surface area contributed by atoms with Gasteiger partial charge in [-0.3, -0.25) is 9.20 Å². The molecule has 0 radical (unpaired) electrons. The molecule has 1 aromatic carbocycles. The lowest BCUT2D eigenvalue weighted by molar-refractivity contribution is 0.0994. The van der Waals surface area contributed by atoms with Crippen LogP contribution in [0.4, 0.5) is 0 Å². The number of nitroso groups, excluding NO2 is 1. The highest BCUT2D eigenvalue weighted by Crippen LogP contribution is 2.24. The lowest BCUT2D eigenvalue weighted by atomic mass is 10.2. The predicted octanol–water partition coefficient (Wildman–Crippen LogP) is 3.63. The second-order valence-electron chi connectivity index (χ2n) is 5.03. The Balaban J connectivity index is 2.02. The van der Waals surface area contributed by atoms with Gasteiger partial charge in [-0.15, -0.1) is 4.91 Å². The van der Waals surface area contributed by atoms with Gasteiger partial charge >= 0.3 is 5.91 Å². The third-order valence-corrected chi connectivity index (χ3v) is 3.49. The molecule has 2 aromatic heterocycles. The van der Waals surface area contributed by atoms with E-state index >= 15 is 0 Å². The summed E-state index contributed by atoms with van der Waals surface area (Å²) in [6.45, 7) is 0.140. The number of nitrogens with zero attached hydrogens (tertiary/aromatic N) is 6. The van der Waals surface area contributed by atoms with E-state index in [1.165, 1.54) is 4.40 Å². The topological polar surface area (TPSA) is 122 Å². The quantitative estimate of drug-likeness (QED) is 0.295. The molecule has 0 N–H and O–H groups in total. The number of fused-ring (bicyclic) bond motifs is 1. The monoisotopic (exact) mass is 336 g/mol. The number of aromatic nitrogens is 2. The molecule has 0 atom stereocenters. The molecule has 25 heavy (non-hydrogen) atoms. The molecule has 0 fully saturated rings. The molecule has 1 amide bonds. The molecule has 9 nitrogen and oxygen atoms in total. The summed E-state index contributed by atoms with van der Waals surface area (Å²) in [7, 11) is 0. The van der Waals surface area contributed by atoms with Crippen LogP contribution in [0.1, 0.15) is 21.7 Å². The zero-order valence-corrected chi connectivity index (χ0v) is 12.9. The van der Waals surface area contributed by atoms with Gasteiger partial charge in [0, 0.05) is 16.3 Å². The number of amides is 1. The molecule has 0 saturated carbocycles. The van der Waals surface area contributed by atoms with Gasteiger partial charge in [0.05, 0.1) is 12.2 Å². The summed E-state index contributed by atoms with van der Waals surface area (Å²) in [5, 5.41) is 5.85. The Bertz CT molecular complexity index is 976. The van der Waals surface area contributed by atoms with Crippen molar-refractivity contribution in [2.45, 2.75) is 13.2 Å². The van der Waals surface area contributed by atoms with Gasteiger partial charge in [0.2, 0.25) is 0 Å². The Hall–Kier alpha value is -3.71. The normalized spacial score (nSPS) is 10.2. The summed E-state index contributed by atoms with van der Waals surface area (Å²) >= 11 is 0. The van der Waals surface area contributed by atoms with E-state index in [1.54, 1.807) is 18.3 Å². The number of hydrogen-bond acceptors (Lipinski definition) is 5. The second kappa shape index (κ2) is 7.24. The first-order valence-corrected chi connectivity index (χ1v) is 7.30. The van der Waals surface area contributed by atoms with Crippen LogP contribution in [0.25, 0.3) is 16.1 Å². The van der Waals surface area contributed by atoms with E-state index in [0.29, 0.717) is 18.0 Å². The highest BCUT2D eigenvalue weighted by molar-refractivity contribution is 5.95. The number of ether oxygens (including phenoxy) is 1. The van der Waals surface area contributed by atoms with Crippen LogP contribution in [0.15, 0.2) is 59.0 Å². The lowest BCUT2D eigenvalue weighted by Crippen LogP contribution is -2.03. The van der Waals surface area contributed by atoms with Crippen LogP contribution in [0.5, 0.6) is 5.75 Å². The van der Waals surface area contributed by atoms with Crippen molar-refractivity contribution in [2.24, 2.45) is 10.3 Å². The van der Waals surface area contributed by atoms with Crippen LogP contribution in [0, 0.1) is 4.91 Å². The van der Waals surface area contributed by atoms with Crippen molar-refractivity contribution in [1.29, 1.82) is 0 Å². The third kappa shape index (κ3) is 3.31. The minimum atomic E-state index is -0.990. The van der Waals surface area contributed by atoms with Gasteiger partial charge < -0.3 is 4.74 Å². The largest absolute Gasteiger partial charge is 0.485 e. The molecule has 0 bridgehead atoms. The highest BCUT2D eigenvalue weighted by atomic mass is 16.5. The van der Waals surface area contributed by atoms with E-state index in [4.69, 9.17) is 10.3 Å². The van der Waals surface area contributed by atoms with Gasteiger partial charge in [0.1, 0.15) is 12.3 Å². The average Bonchev–Trinajstić information content (AvgIpc) is 3.03. The van der Waals surface area contributed by atoms with Gasteiger partial charge in [-0.05, 0) is 23.2 Å². The molecule has 2 heterocycles. The smallest absolute Gasteiger partial charge is 0.335 e. The number of carbonyl (C=O) groups is 1. The maximum absolute atomic E-state index is 11.8. The molecule has 0 unspecified atom stereocenters. The molecule has 0 aliphatic carbocycles. The average molecular weight is 336 g/mol. The van der Waals surface area contributed by atoms with E-state index in [-0.39, 0.29) is 17.9 Å². The Morgan fingerprint density at radius 1 is 1.24 bits per heavy atom. The summed E-state index contributed by atoms with van der Waals surface area (Å²) in [6, 6.07) is 12.9. The van der Waals surface area contributed by atoms with Gasteiger partial charge in [-0.25, -0.2) is 4.98 Å². The number of pyridine rings is 1. The van der Waals surface area contributed by atoms with Crippen LogP contribution in [0.3, 0.4) is 0 Å². The fraction of sp³-hybridized carbons (Fsp3) is 0.125. The predicted molar refractivity (Wildman–Crippen MR) is 88.9 cm³/mol. The molecule has 3 aromatic rings. The van der Waals surface area contributed by atoms with Crippen LogP contribution in [-0.2, 0) is 13.2 Å². The van der Waals surface area contributed by atoms with Gasteiger partial charge in [0.15, 0.2) is 11.4 Å². The standard InChI is InChI=1S/C16H12N6O3/c17-21-18-9-12-14(16(23)20-24)22-8-4-7-13(15(22)19-12)25-10-11-5-2-1-3-6-11/h1-8H,9-10H2. The fourth-order valence-electron chi connectivity index (χ4n) is 2.42. The van der Waals surface area contributed by atoms with Crippen LogP contribution in [-0.4, -0.2) is 15.3 Å². The Morgan fingerprint density at radius 2 is 2.04 bits per heavy atom. The van der Waals surface area contributed by atoms with Crippen molar-refractivity contribution in [3.8, 4) is 5.75 Å². The molecule has 3 rings (SSSR count). The van der Waals surface area contributed by atoms with Crippen LogP contribution >= 0.6 is 0 Å². The molecule has 0 aliphatic heterocycles. The molecular formula is C16H12N6O3. The van der Waals surface area contributed by atoms with Crippen molar-refractivity contribution in [2.75, 3.05) is 0 Å². The Kier molecular flexibility index (Phi) is 4.68. The fourth-order valence-corrected chi connectivity index (χ4v) is 2.42. The number of azide groups is 1. The first-order valence-electron chi connectivity index (χ1n) is 7.30. The Labute approximate surface area is 141 Å². The lowest BCUT2D eigenvalue weighted by Gasteiger charge is -2.07. The number of hydrogen-bond donors (Lipinski definition) is 0. The molecule has 0 saturated heterocycles. The summed E-state index contributed by atoms with van der Waals surface area (Å²) in [6.07, 6.45) is 1.57. The van der Waals surface area contributed by atoms with Crippen molar-refractivity contribution < 1.29 is 9.53 Å². The molecule has 9 heteroatoms. The van der Waals surface area contributed by atoms with Crippen molar-refractivity contribution in [3.05, 3.63) is 81.0 Å². The van der Waals surface area contributed by atoms with Crippen LogP contribution in [0.2, 0.25) is 0 Å². The number of carbonyl (C=O) groups excluding carboxylic acids is 1. The maximum Gasteiger partial charge on any atom is 0.335 e. The first kappa shape index (κ1) is 16.2.